The van der Waals surface area contributed by atoms with Crippen LogP contribution in [0.1, 0.15) is 16.7 Å². The molecule has 3 aromatic heterocycles. The average Bonchev–Trinajstić information content (AvgIpc) is 3.88. The maximum absolute atomic E-state index is 11.1. The summed E-state index contributed by atoms with van der Waals surface area (Å²) in [6.45, 7) is 4.27. The third-order valence-corrected chi connectivity index (χ3v) is 12.8. The van der Waals surface area contributed by atoms with Crippen LogP contribution < -0.4 is 0 Å². The Hall–Kier alpha value is -8.85. The second kappa shape index (κ2) is 15.7. The first-order valence-corrected chi connectivity index (χ1v) is 22.3. The molecular formula is C61H41N5. The largest absolute Gasteiger partial charge is 0.308 e. The van der Waals surface area contributed by atoms with Crippen LogP contribution in [-0.2, 0) is 0 Å². The van der Waals surface area contributed by atoms with Crippen molar-refractivity contribution in [3.05, 3.63) is 229 Å². The van der Waals surface area contributed by atoms with E-state index in [1.54, 1.807) is 0 Å². The van der Waals surface area contributed by atoms with Crippen molar-refractivity contribution in [1.29, 1.82) is 5.26 Å². The van der Waals surface area contributed by atoms with E-state index >= 15 is 0 Å². The Balaban J connectivity index is 1.23. The number of aromatic nitrogens is 4. The molecule has 0 aliphatic carbocycles. The number of hydrogen-bond donors (Lipinski definition) is 0. The average molecular weight is 844 g/mol. The topological polar surface area (TPSA) is 59.4 Å². The van der Waals surface area contributed by atoms with Gasteiger partial charge in [-0.25, -0.2) is 9.97 Å². The lowest BCUT2D eigenvalue weighted by atomic mass is 9.99. The molecule has 0 aliphatic heterocycles. The Morgan fingerprint density at radius 1 is 0.364 bits per heavy atom. The number of hydrogen-bond acceptors (Lipinski definition) is 3. The van der Waals surface area contributed by atoms with Gasteiger partial charge in [0.1, 0.15) is 0 Å². The molecule has 3 heterocycles. The van der Waals surface area contributed by atoms with Crippen molar-refractivity contribution >= 4 is 43.6 Å². The minimum atomic E-state index is 0.536. The zero-order valence-corrected chi connectivity index (χ0v) is 36.4. The lowest BCUT2D eigenvalue weighted by Gasteiger charge is -2.21. The van der Waals surface area contributed by atoms with Crippen molar-refractivity contribution in [2.75, 3.05) is 0 Å². The highest BCUT2D eigenvalue weighted by Crippen LogP contribution is 2.44. The van der Waals surface area contributed by atoms with Crippen LogP contribution >= 0.6 is 0 Å². The third kappa shape index (κ3) is 6.55. The Bertz CT molecular complexity index is 3660. The van der Waals surface area contributed by atoms with Gasteiger partial charge in [-0.15, -0.1) is 0 Å². The first kappa shape index (κ1) is 38.8. The van der Waals surface area contributed by atoms with Crippen molar-refractivity contribution in [2.24, 2.45) is 0 Å². The van der Waals surface area contributed by atoms with Crippen molar-refractivity contribution < 1.29 is 0 Å². The number of benzene rings is 9. The van der Waals surface area contributed by atoms with E-state index in [2.05, 4.69) is 193 Å². The second-order valence-corrected chi connectivity index (χ2v) is 17.1. The van der Waals surface area contributed by atoms with Crippen LogP contribution in [0.5, 0.6) is 0 Å². The van der Waals surface area contributed by atoms with E-state index in [9.17, 15) is 5.26 Å². The van der Waals surface area contributed by atoms with Gasteiger partial charge in [-0.05, 0) is 90.7 Å². The number of aryl methyl sites for hydroxylation is 2. The summed E-state index contributed by atoms with van der Waals surface area (Å²) in [6, 6.07) is 77.3. The van der Waals surface area contributed by atoms with Gasteiger partial charge in [-0.1, -0.05) is 169 Å². The summed E-state index contributed by atoms with van der Waals surface area (Å²) in [7, 11) is 0. The summed E-state index contributed by atoms with van der Waals surface area (Å²) in [4.78, 5) is 10.7. The van der Waals surface area contributed by atoms with Gasteiger partial charge in [0, 0.05) is 38.2 Å². The maximum Gasteiger partial charge on any atom is 0.160 e. The number of fused-ring (bicyclic) bond motifs is 6. The smallest absolute Gasteiger partial charge is 0.160 e. The summed E-state index contributed by atoms with van der Waals surface area (Å²) < 4.78 is 4.67. The van der Waals surface area contributed by atoms with Crippen LogP contribution in [0.3, 0.4) is 0 Å². The molecule has 0 saturated carbocycles. The monoisotopic (exact) mass is 843 g/mol. The SMILES string of the molecule is Cc1cccc(-c2ccc3c(c2)c2ccccc2n3-c2cc(C#N)cc(-n3c4ccccc4c4cc(-c5cccc(C)c5)ccc43)c2-c2cc(-c3ccccc3)nc(-c3ccccc3)n2)c1. The van der Waals surface area contributed by atoms with E-state index in [0.29, 0.717) is 11.4 Å². The van der Waals surface area contributed by atoms with Crippen LogP contribution in [0.25, 0.3) is 111 Å². The minimum Gasteiger partial charge on any atom is -0.308 e. The molecule has 0 amide bonds. The quantitative estimate of drug-likeness (QED) is 0.161. The van der Waals surface area contributed by atoms with Gasteiger partial charge in [0.2, 0.25) is 0 Å². The molecule has 5 heteroatoms. The summed E-state index contributed by atoms with van der Waals surface area (Å²) in [5.74, 6) is 0.614. The lowest BCUT2D eigenvalue weighted by Crippen LogP contribution is -2.07. The maximum atomic E-state index is 11.1. The summed E-state index contributed by atoms with van der Waals surface area (Å²) in [5.41, 5.74) is 17.7. The normalized spacial score (nSPS) is 11.5. The van der Waals surface area contributed by atoms with E-state index in [1.165, 1.54) is 22.3 Å². The van der Waals surface area contributed by atoms with Gasteiger partial charge >= 0.3 is 0 Å². The fourth-order valence-corrected chi connectivity index (χ4v) is 9.81. The lowest BCUT2D eigenvalue weighted by molar-refractivity contribution is 1.11. The van der Waals surface area contributed by atoms with Gasteiger partial charge < -0.3 is 9.13 Å². The van der Waals surface area contributed by atoms with E-state index in [0.717, 1.165) is 94.2 Å². The summed E-state index contributed by atoms with van der Waals surface area (Å²) in [6.07, 6.45) is 0. The first-order chi connectivity index (χ1) is 32.5. The molecule has 5 nitrogen and oxygen atoms in total. The van der Waals surface area contributed by atoms with Crippen LogP contribution in [0.2, 0.25) is 0 Å². The Morgan fingerprint density at radius 2 is 0.803 bits per heavy atom. The zero-order valence-electron chi connectivity index (χ0n) is 36.4. The highest BCUT2D eigenvalue weighted by atomic mass is 15.0. The highest BCUT2D eigenvalue weighted by Gasteiger charge is 2.25. The van der Waals surface area contributed by atoms with Crippen molar-refractivity contribution in [3.63, 3.8) is 0 Å². The molecule has 0 N–H and O–H groups in total. The first-order valence-electron chi connectivity index (χ1n) is 22.3. The Kier molecular flexibility index (Phi) is 9.25. The Morgan fingerprint density at radius 3 is 1.32 bits per heavy atom. The van der Waals surface area contributed by atoms with Crippen molar-refractivity contribution in [2.45, 2.75) is 13.8 Å². The number of para-hydroxylation sites is 2. The van der Waals surface area contributed by atoms with Gasteiger partial charge in [0.05, 0.1) is 56.5 Å². The van der Waals surface area contributed by atoms with Crippen LogP contribution in [0.15, 0.2) is 212 Å². The van der Waals surface area contributed by atoms with E-state index < -0.39 is 0 Å². The van der Waals surface area contributed by atoms with E-state index in [-0.39, 0.29) is 0 Å². The predicted octanol–water partition coefficient (Wildman–Crippen LogP) is 15.5. The highest BCUT2D eigenvalue weighted by molar-refractivity contribution is 6.13. The van der Waals surface area contributed by atoms with Gasteiger partial charge in [0.25, 0.3) is 0 Å². The molecule has 310 valence electrons. The molecule has 0 radical (unpaired) electrons. The van der Waals surface area contributed by atoms with Gasteiger partial charge in [-0.2, -0.15) is 5.26 Å². The molecule has 0 fully saturated rings. The predicted molar refractivity (Wildman–Crippen MR) is 272 cm³/mol. The fraction of sp³-hybridized carbons (Fsp3) is 0.0328. The molecule has 66 heavy (non-hydrogen) atoms. The Labute approximate surface area is 382 Å². The summed E-state index contributed by atoms with van der Waals surface area (Å²) >= 11 is 0. The van der Waals surface area contributed by atoms with Crippen LogP contribution in [0, 0.1) is 25.2 Å². The van der Waals surface area contributed by atoms with Crippen LogP contribution in [-0.4, -0.2) is 19.1 Å². The molecule has 12 rings (SSSR count). The molecule has 0 bridgehead atoms. The molecular weight excluding hydrogens is 803 g/mol. The third-order valence-electron chi connectivity index (χ3n) is 12.8. The van der Waals surface area contributed by atoms with Crippen molar-refractivity contribution in [3.8, 4) is 73.6 Å². The molecule has 0 saturated heterocycles. The van der Waals surface area contributed by atoms with E-state index in [1.807, 2.05) is 48.5 Å². The van der Waals surface area contributed by atoms with E-state index in [4.69, 9.17) is 9.97 Å². The molecule has 9 aromatic carbocycles. The number of nitriles is 1. The zero-order chi connectivity index (χ0) is 44.3. The standard InChI is InChI=1S/C61H41N5/c1-39-15-13-21-44(31-39)46-27-29-56-50(35-46)48-23-9-11-25-54(48)65(56)58-33-41(38-62)34-59(60(58)53-37-52(42-17-5-3-6-18-42)63-61(64-53)43-19-7-4-8-20-43)66-55-26-12-10-24-49(55)51-36-47(28-30-57(51)66)45-22-14-16-40(2)32-45/h3-37H,1-2H3. The number of nitrogens with zero attached hydrogens (tertiary/aromatic N) is 5. The number of rotatable bonds is 7. The molecule has 0 atom stereocenters. The molecule has 0 spiro atoms. The van der Waals surface area contributed by atoms with Crippen LogP contribution in [0.4, 0.5) is 0 Å². The molecule has 0 unspecified atom stereocenters. The summed E-state index contributed by atoms with van der Waals surface area (Å²) in [5, 5.41) is 15.5. The fourth-order valence-electron chi connectivity index (χ4n) is 9.81. The van der Waals surface area contributed by atoms with Gasteiger partial charge in [-0.3, -0.25) is 0 Å². The molecule has 0 aliphatic rings. The van der Waals surface area contributed by atoms with Gasteiger partial charge in [0.15, 0.2) is 5.82 Å². The molecule has 12 aromatic rings. The van der Waals surface area contributed by atoms with Crippen molar-refractivity contribution in [1.82, 2.24) is 19.1 Å². The minimum absolute atomic E-state index is 0.536. The second-order valence-electron chi connectivity index (χ2n) is 17.1.